The number of anilines is 1. The van der Waals surface area contributed by atoms with E-state index in [2.05, 4.69) is 31.0 Å². The van der Waals surface area contributed by atoms with Gasteiger partial charge in [0.25, 0.3) is 5.91 Å². The Balaban J connectivity index is 1.33. The average Bonchev–Trinajstić information content (AvgIpc) is 2.79. The average molecular weight is 422 g/mol. The van der Waals surface area contributed by atoms with E-state index in [0.717, 1.165) is 22.6 Å². The van der Waals surface area contributed by atoms with Crippen LogP contribution in [-0.4, -0.2) is 55.5 Å². The molecule has 0 aromatic carbocycles. The van der Waals surface area contributed by atoms with Crippen LogP contribution in [0.5, 0.6) is 0 Å². The van der Waals surface area contributed by atoms with Gasteiger partial charge in [-0.15, -0.1) is 0 Å². The third kappa shape index (κ3) is 4.83. The van der Waals surface area contributed by atoms with E-state index in [1.165, 1.54) is 0 Å². The quantitative estimate of drug-likeness (QED) is 0.634. The van der Waals surface area contributed by atoms with E-state index in [-0.39, 0.29) is 5.91 Å². The molecule has 0 radical (unpaired) electrons. The topological polar surface area (TPSA) is 88.1 Å². The number of nitrogens with zero attached hydrogens (tertiary/aromatic N) is 4. The van der Waals surface area contributed by atoms with Crippen LogP contribution in [0.25, 0.3) is 11.3 Å². The predicted octanol–water partition coefficient (Wildman–Crippen LogP) is 2.00. The SMILES string of the molecule is C=S1(=O)CCN(c2ccc(CNC(=O)c3ccc(-c4cccnc4)nc3)cn2)CC1. The number of carbonyl (C=O) groups is 1. The van der Waals surface area contributed by atoms with Gasteiger partial charge in [-0.05, 0) is 51.3 Å². The van der Waals surface area contributed by atoms with Crippen LogP contribution >= 0.6 is 0 Å². The minimum absolute atomic E-state index is 0.189. The number of amides is 1. The maximum absolute atomic E-state index is 12.4. The lowest BCUT2D eigenvalue weighted by atomic mass is 10.1. The van der Waals surface area contributed by atoms with E-state index in [0.29, 0.717) is 36.7 Å². The lowest BCUT2D eigenvalue weighted by molar-refractivity contribution is 0.0950. The molecule has 1 aliphatic heterocycles. The van der Waals surface area contributed by atoms with Crippen LogP contribution in [0.4, 0.5) is 5.82 Å². The van der Waals surface area contributed by atoms with Crippen molar-refractivity contribution in [2.24, 2.45) is 0 Å². The Morgan fingerprint density at radius 2 is 1.90 bits per heavy atom. The van der Waals surface area contributed by atoms with Crippen molar-refractivity contribution in [3.05, 3.63) is 72.3 Å². The molecule has 1 N–H and O–H groups in total. The summed E-state index contributed by atoms with van der Waals surface area (Å²) in [7, 11) is -1.92. The van der Waals surface area contributed by atoms with Crippen molar-refractivity contribution in [3.63, 3.8) is 0 Å². The first-order valence-corrected chi connectivity index (χ1v) is 11.7. The third-order valence-corrected chi connectivity index (χ3v) is 6.89. The van der Waals surface area contributed by atoms with E-state index < -0.39 is 9.52 Å². The fraction of sp³-hybridized carbons (Fsp3) is 0.227. The predicted molar refractivity (Wildman–Crippen MR) is 120 cm³/mol. The summed E-state index contributed by atoms with van der Waals surface area (Å²) in [6, 6.07) is 11.2. The van der Waals surface area contributed by atoms with Crippen molar-refractivity contribution in [1.82, 2.24) is 20.3 Å². The van der Waals surface area contributed by atoms with E-state index >= 15 is 0 Å². The monoisotopic (exact) mass is 421 g/mol. The smallest absolute Gasteiger partial charge is 0.253 e. The standard InChI is InChI=1S/C22H23N5O2S/c1-30(29)11-9-27(10-12-30)21-7-4-17(13-25-21)14-26-22(28)19-5-6-20(24-16-19)18-3-2-8-23-15-18/h2-8,13,15-16H,1,9-12,14H2,(H,26,28). The van der Waals surface area contributed by atoms with E-state index in [1.54, 1.807) is 30.9 Å². The summed E-state index contributed by atoms with van der Waals surface area (Å²) in [6.45, 7) is 1.78. The van der Waals surface area contributed by atoms with Gasteiger partial charge in [-0.1, -0.05) is 6.07 Å². The van der Waals surface area contributed by atoms with Crippen LogP contribution in [0.2, 0.25) is 0 Å². The molecule has 4 heterocycles. The van der Waals surface area contributed by atoms with Crippen LogP contribution in [0.3, 0.4) is 0 Å². The van der Waals surface area contributed by atoms with Gasteiger partial charge in [0, 0.05) is 61.5 Å². The molecule has 0 spiro atoms. The molecule has 1 amide bonds. The number of rotatable bonds is 5. The molecule has 154 valence electrons. The van der Waals surface area contributed by atoms with Crippen LogP contribution < -0.4 is 10.2 Å². The highest BCUT2D eigenvalue weighted by molar-refractivity contribution is 8.00. The zero-order chi connectivity index (χ0) is 21.0. The van der Waals surface area contributed by atoms with E-state index in [4.69, 9.17) is 0 Å². The van der Waals surface area contributed by atoms with Crippen molar-refractivity contribution in [2.75, 3.05) is 29.5 Å². The Morgan fingerprint density at radius 3 is 2.53 bits per heavy atom. The summed E-state index contributed by atoms with van der Waals surface area (Å²) in [6.07, 6.45) is 6.77. The molecule has 0 aliphatic carbocycles. The van der Waals surface area contributed by atoms with Gasteiger partial charge in [0.1, 0.15) is 5.82 Å². The van der Waals surface area contributed by atoms with Crippen LogP contribution in [-0.2, 0) is 16.1 Å². The van der Waals surface area contributed by atoms with Gasteiger partial charge < -0.3 is 10.2 Å². The Morgan fingerprint density at radius 1 is 1.07 bits per heavy atom. The summed E-state index contributed by atoms with van der Waals surface area (Å²) in [5.41, 5.74) is 3.08. The second-order valence-electron chi connectivity index (χ2n) is 7.24. The highest BCUT2D eigenvalue weighted by Gasteiger charge is 2.18. The van der Waals surface area contributed by atoms with Gasteiger partial charge in [0.05, 0.1) is 11.3 Å². The second kappa shape index (κ2) is 8.62. The van der Waals surface area contributed by atoms with Gasteiger partial charge in [0.15, 0.2) is 0 Å². The molecule has 30 heavy (non-hydrogen) atoms. The number of carbonyl (C=O) groups excluding carboxylic acids is 1. The number of nitrogens with one attached hydrogen (secondary N) is 1. The highest BCUT2D eigenvalue weighted by atomic mass is 32.2. The van der Waals surface area contributed by atoms with Crippen LogP contribution in [0.15, 0.2) is 61.2 Å². The molecule has 0 saturated carbocycles. The Labute approximate surface area is 176 Å². The van der Waals surface area contributed by atoms with Gasteiger partial charge in [0.2, 0.25) is 0 Å². The largest absolute Gasteiger partial charge is 0.355 e. The van der Waals surface area contributed by atoms with Crippen molar-refractivity contribution in [3.8, 4) is 11.3 Å². The second-order valence-corrected chi connectivity index (χ2v) is 9.99. The van der Waals surface area contributed by atoms with Gasteiger partial charge >= 0.3 is 0 Å². The molecule has 1 saturated heterocycles. The third-order valence-electron chi connectivity index (χ3n) is 5.04. The summed E-state index contributed by atoms with van der Waals surface area (Å²) < 4.78 is 12.0. The minimum Gasteiger partial charge on any atom is -0.355 e. The zero-order valence-electron chi connectivity index (χ0n) is 16.5. The molecule has 1 aliphatic rings. The first kappa shape index (κ1) is 20.0. The lowest BCUT2D eigenvalue weighted by Gasteiger charge is -2.29. The summed E-state index contributed by atoms with van der Waals surface area (Å²) in [5, 5.41) is 2.89. The van der Waals surface area contributed by atoms with Crippen LogP contribution in [0.1, 0.15) is 15.9 Å². The summed E-state index contributed by atoms with van der Waals surface area (Å²) >= 11 is 0. The first-order valence-electron chi connectivity index (χ1n) is 9.67. The molecule has 0 bridgehead atoms. The lowest BCUT2D eigenvalue weighted by Crippen LogP contribution is -2.40. The van der Waals surface area contributed by atoms with E-state index in [9.17, 15) is 9.00 Å². The Kier molecular flexibility index (Phi) is 5.76. The highest BCUT2D eigenvalue weighted by Crippen LogP contribution is 2.16. The maximum Gasteiger partial charge on any atom is 0.253 e. The van der Waals surface area contributed by atoms with Crippen molar-refractivity contribution in [2.45, 2.75) is 6.54 Å². The summed E-state index contributed by atoms with van der Waals surface area (Å²) in [4.78, 5) is 27.5. The number of hydrogen-bond acceptors (Lipinski definition) is 6. The zero-order valence-corrected chi connectivity index (χ0v) is 17.3. The Bertz CT molecular complexity index is 1100. The molecule has 3 aromatic heterocycles. The van der Waals surface area contributed by atoms with E-state index in [1.807, 2.05) is 30.3 Å². The molecule has 8 heteroatoms. The fourth-order valence-corrected chi connectivity index (χ4v) is 4.51. The fourth-order valence-electron chi connectivity index (χ4n) is 3.20. The molecule has 7 nitrogen and oxygen atoms in total. The Hall–Kier alpha value is -3.26. The molecule has 3 aromatic rings. The van der Waals surface area contributed by atoms with Crippen molar-refractivity contribution in [1.29, 1.82) is 0 Å². The molecule has 4 rings (SSSR count). The normalized spacial score (nSPS) is 15.5. The maximum atomic E-state index is 12.4. The molecule has 1 fully saturated rings. The van der Waals surface area contributed by atoms with Gasteiger partial charge in [-0.3, -0.25) is 19.0 Å². The number of hydrogen-bond donors (Lipinski definition) is 1. The molecular formula is C22H23N5O2S. The van der Waals surface area contributed by atoms with Crippen LogP contribution in [0, 0.1) is 0 Å². The molecular weight excluding hydrogens is 398 g/mol. The van der Waals surface area contributed by atoms with Crippen molar-refractivity contribution < 1.29 is 9.00 Å². The molecule has 0 unspecified atom stereocenters. The van der Waals surface area contributed by atoms with Crippen molar-refractivity contribution >= 4 is 27.1 Å². The number of aromatic nitrogens is 3. The minimum atomic E-state index is -1.92. The van der Waals surface area contributed by atoms with Gasteiger partial charge in [-0.25, -0.2) is 4.98 Å². The van der Waals surface area contributed by atoms with Gasteiger partial charge in [-0.2, -0.15) is 0 Å². The molecule has 0 atom stereocenters. The first-order chi connectivity index (χ1) is 14.5. The summed E-state index contributed by atoms with van der Waals surface area (Å²) in [5.74, 6) is 5.65. The number of pyridine rings is 3.